The van der Waals surface area contributed by atoms with Crippen molar-refractivity contribution in [3.63, 3.8) is 0 Å². The first-order chi connectivity index (χ1) is 8.79. The first-order valence-corrected chi connectivity index (χ1v) is 7.06. The molecule has 0 atom stereocenters. The van der Waals surface area contributed by atoms with E-state index in [-0.39, 0.29) is 0 Å². The number of rotatable bonds is 7. The van der Waals surface area contributed by atoms with Gasteiger partial charge in [0, 0.05) is 33.0 Å². The highest BCUT2D eigenvalue weighted by molar-refractivity contribution is 5.28. The molecule has 1 N–H and O–H groups in total. The average molecular weight is 251 g/mol. The molecule has 0 aliphatic heterocycles. The molecule has 1 aromatic rings. The van der Waals surface area contributed by atoms with E-state index in [1.165, 1.54) is 25.7 Å². The van der Waals surface area contributed by atoms with Gasteiger partial charge in [0.25, 0.3) is 0 Å². The molecule has 1 saturated carbocycles. The van der Waals surface area contributed by atoms with Gasteiger partial charge >= 0.3 is 0 Å². The maximum Gasteiger partial charge on any atom is 0.203 e. The summed E-state index contributed by atoms with van der Waals surface area (Å²) >= 11 is 0. The Morgan fingerprint density at radius 2 is 2.22 bits per heavy atom. The van der Waals surface area contributed by atoms with E-state index in [4.69, 9.17) is 4.74 Å². The Kier molecular flexibility index (Phi) is 5.05. The molecule has 0 aromatic carbocycles. The highest BCUT2D eigenvalue weighted by Crippen LogP contribution is 2.27. The second-order valence-corrected chi connectivity index (χ2v) is 5.28. The smallest absolute Gasteiger partial charge is 0.203 e. The Balaban J connectivity index is 1.87. The van der Waals surface area contributed by atoms with Gasteiger partial charge in [0.05, 0.1) is 5.69 Å². The quantitative estimate of drug-likeness (QED) is 0.757. The van der Waals surface area contributed by atoms with Gasteiger partial charge in [0.2, 0.25) is 5.95 Å². The number of ether oxygens (including phenoxy) is 1. The molecule has 1 aliphatic rings. The van der Waals surface area contributed by atoms with Crippen molar-refractivity contribution in [3.05, 3.63) is 11.9 Å². The number of hydrogen-bond acceptors (Lipinski definition) is 3. The second-order valence-electron chi connectivity index (χ2n) is 5.28. The zero-order valence-corrected chi connectivity index (χ0v) is 11.6. The Labute approximate surface area is 110 Å². The van der Waals surface area contributed by atoms with Crippen LogP contribution in [0.3, 0.4) is 0 Å². The molecule has 0 bridgehead atoms. The van der Waals surface area contributed by atoms with Gasteiger partial charge in [-0.15, -0.1) is 0 Å². The normalized spacial score (nSPS) is 16.3. The van der Waals surface area contributed by atoms with E-state index in [1.54, 1.807) is 7.11 Å². The summed E-state index contributed by atoms with van der Waals surface area (Å²) < 4.78 is 7.35. The fourth-order valence-corrected chi connectivity index (χ4v) is 2.71. The Morgan fingerprint density at radius 3 is 2.94 bits per heavy atom. The van der Waals surface area contributed by atoms with E-state index in [0.29, 0.717) is 0 Å². The van der Waals surface area contributed by atoms with Crippen molar-refractivity contribution in [2.75, 3.05) is 25.6 Å². The summed E-state index contributed by atoms with van der Waals surface area (Å²) in [5, 5.41) is 3.41. The van der Waals surface area contributed by atoms with Crippen molar-refractivity contribution in [2.45, 2.75) is 45.6 Å². The molecule has 18 heavy (non-hydrogen) atoms. The number of nitrogens with zero attached hydrogens (tertiary/aromatic N) is 2. The Hall–Kier alpha value is -1.03. The van der Waals surface area contributed by atoms with E-state index in [1.807, 2.05) is 0 Å². The number of anilines is 1. The van der Waals surface area contributed by atoms with Crippen LogP contribution in [0.15, 0.2) is 6.20 Å². The van der Waals surface area contributed by atoms with Crippen LogP contribution in [0.5, 0.6) is 0 Å². The van der Waals surface area contributed by atoms with Crippen molar-refractivity contribution >= 4 is 5.95 Å². The molecule has 0 unspecified atom stereocenters. The average Bonchev–Trinajstić information content (AvgIpc) is 2.96. The molecule has 0 saturated heterocycles. The number of aromatic nitrogens is 2. The molecule has 1 heterocycles. The molecule has 4 heteroatoms. The third kappa shape index (κ3) is 3.73. The van der Waals surface area contributed by atoms with Gasteiger partial charge in [0.1, 0.15) is 0 Å². The van der Waals surface area contributed by atoms with Gasteiger partial charge < -0.3 is 14.6 Å². The second kappa shape index (κ2) is 6.78. The molecular formula is C14H25N3O. The summed E-state index contributed by atoms with van der Waals surface area (Å²) in [4.78, 5) is 4.56. The summed E-state index contributed by atoms with van der Waals surface area (Å²) in [6.45, 7) is 4.91. The fourth-order valence-electron chi connectivity index (χ4n) is 2.71. The van der Waals surface area contributed by atoms with Gasteiger partial charge in [-0.3, -0.25) is 0 Å². The predicted octanol–water partition coefficient (Wildman–Crippen LogP) is 2.83. The van der Waals surface area contributed by atoms with Crippen LogP contribution in [0.25, 0.3) is 0 Å². The van der Waals surface area contributed by atoms with E-state index in [9.17, 15) is 0 Å². The summed E-state index contributed by atoms with van der Waals surface area (Å²) in [5.74, 6) is 1.87. The summed E-state index contributed by atoms with van der Waals surface area (Å²) in [6.07, 6.45) is 8.73. The van der Waals surface area contributed by atoms with Gasteiger partial charge in [-0.1, -0.05) is 12.8 Å². The zero-order chi connectivity index (χ0) is 12.8. The van der Waals surface area contributed by atoms with E-state index in [0.717, 1.165) is 43.7 Å². The molecule has 102 valence electrons. The van der Waals surface area contributed by atoms with E-state index in [2.05, 4.69) is 28.0 Å². The Bertz CT molecular complexity index is 356. The largest absolute Gasteiger partial charge is 0.385 e. The first kappa shape index (κ1) is 13.4. The number of methoxy groups -OCH3 is 1. The summed E-state index contributed by atoms with van der Waals surface area (Å²) in [5.41, 5.74) is 1.10. The van der Waals surface area contributed by atoms with Crippen LogP contribution in [0.1, 0.15) is 37.8 Å². The molecule has 0 amide bonds. The number of aryl methyl sites for hydroxylation is 1. The van der Waals surface area contributed by atoms with Crippen LogP contribution in [0, 0.1) is 12.8 Å². The summed E-state index contributed by atoms with van der Waals surface area (Å²) in [7, 11) is 1.74. The minimum Gasteiger partial charge on any atom is -0.385 e. The lowest BCUT2D eigenvalue weighted by molar-refractivity contribution is 0.197. The molecule has 2 rings (SSSR count). The fraction of sp³-hybridized carbons (Fsp3) is 0.786. The van der Waals surface area contributed by atoms with E-state index < -0.39 is 0 Å². The van der Waals surface area contributed by atoms with Crippen molar-refractivity contribution in [3.8, 4) is 0 Å². The minimum atomic E-state index is 0.801. The number of imidazole rings is 1. The third-order valence-electron chi connectivity index (χ3n) is 3.63. The van der Waals surface area contributed by atoms with Gasteiger partial charge in [-0.05, 0) is 32.1 Å². The predicted molar refractivity (Wildman–Crippen MR) is 73.9 cm³/mol. The molecule has 0 spiro atoms. The highest BCUT2D eigenvalue weighted by atomic mass is 16.5. The van der Waals surface area contributed by atoms with Crippen molar-refractivity contribution < 1.29 is 4.74 Å². The van der Waals surface area contributed by atoms with Crippen molar-refractivity contribution in [2.24, 2.45) is 5.92 Å². The summed E-state index contributed by atoms with van der Waals surface area (Å²) in [6, 6.07) is 0. The van der Waals surface area contributed by atoms with Crippen LogP contribution in [0.4, 0.5) is 5.95 Å². The lowest BCUT2D eigenvalue weighted by Crippen LogP contribution is -2.13. The molecule has 1 aromatic heterocycles. The number of hydrogen-bond donors (Lipinski definition) is 1. The van der Waals surface area contributed by atoms with Crippen LogP contribution in [0.2, 0.25) is 0 Å². The van der Waals surface area contributed by atoms with Crippen molar-refractivity contribution in [1.82, 2.24) is 9.55 Å². The lowest BCUT2D eigenvalue weighted by Gasteiger charge is -2.13. The van der Waals surface area contributed by atoms with Crippen LogP contribution in [-0.2, 0) is 11.3 Å². The minimum absolute atomic E-state index is 0.801. The standard InChI is InChI=1S/C14H25N3O/c1-12-10-17(11-13-6-3-4-7-13)14(16-12)15-8-5-9-18-2/h10,13H,3-9,11H2,1-2H3,(H,15,16). The van der Waals surface area contributed by atoms with Gasteiger partial charge in [-0.25, -0.2) is 4.98 Å². The number of nitrogens with one attached hydrogen (secondary N) is 1. The highest BCUT2D eigenvalue weighted by Gasteiger charge is 2.17. The van der Waals surface area contributed by atoms with Crippen molar-refractivity contribution in [1.29, 1.82) is 0 Å². The van der Waals surface area contributed by atoms with Gasteiger partial charge in [0.15, 0.2) is 0 Å². The Morgan fingerprint density at radius 1 is 1.44 bits per heavy atom. The molecule has 1 aliphatic carbocycles. The van der Waals surface area contributed by atoms with Crippen LogP contribution in [-0.4, -0.2) is 29.8 Å². The molecular weight excluding hydrogens is 226 g/mol. The SMILES string of the molecule is COCCCNc1nc(C)cn1CC1CCCC1. The monoisotopic (exact) mass is 251 g/mol. The van der Waals surface area contributed by atoms with Crippen LogP contribution < -0.4 is 5.32 Å². The molecule has 1 fully saturated rings. The van der Waals surface area contributed by atoms with Crippen LogP contribution >= 0.6 is 0 Å². The maximum absolute atomic E-state index is 5.06. The molecule has 4 nitrogen and oxygen atoms in total. The zero-order valence-electron chi connectivity index (χ0n) is 11.6. The maximum atomic E-state index is 5.06. The lowest BCUT2D eigenvalue weighted by atomic mass is 10.1. The third-order valence-corrected chi connectivity index (χ3v) is 3.63. The van der Waals surface area contributed by atoms with E-state index >= 15 is 0 Å². The first-order valence-electron chi connectivity index (χ1n) is 7.06. The molecule has 0 radical (unpaired) electrons. The topological polar surface area (TPSA) is 39.1 Å². The van der Waals surface area contributed by atoms with Gasteiger partial charge in [-0.2, -0.15) is 0 Å².